The third-order valence-corrected chi connectivity index (χ3v) is 2.25. The third-order valence-electron chi connectivity index (χ3n) is 2.25. The predicted octanol–water partition coefficient (Wildman–Crippen LogP) is 0.231. The van der Waals surface area contributed by atoms with E-state index in [2.05, 4.69) is 10.6 Å². The van der Waals surface area contributed by atoms with Crippen LogP contribution in [0.2, 0.25) is 0 Å². The van der Waals surface area contributed by atoms with Crippen LogP contribution in [0, 0.1) is 5.82 Å². The summed E-state index contributed by atoms with van der Waals surface area (Å²) in [4.78, 5) is 11.6. The fraction of sp³-hybridized carbons (Fsp3) is 0.417. The molecule has 0 heterocycles. The minimum atomic E-state index is -0.760. The van der Waals surface area contributed by atoms with Crippen LogP contribution in [0.25, 0.3) is 0 Å². The molecule has 0 saturated heterocycles. The molecule has 1 aromatic rings. The highest BCUT2D eigenvalue weighted by Crippen LogP contribution is 2.19. The zero-order valence-corrected chi connectivity index (χ0v) is 10.1. The molecule has 1 amide bonds. The molecular formula is C12H17FN2O3. The Morgan fingerprint density at radius 1 is 1.44 bits per heavy atom. The van der Waals surface area contributed by atoms with E-state index in [4.69, 9.17) is 5.11 Å². The number of hydrogen-bond acceptors (Lipinski definition) is 4. The molecule has 0 aromatic heterocycles. The largest absolute Gasteiger partial charge is 0.507 e. The maximum Gasteiger partial charge on any atom is 0.258 e. The van der Waals surface area contributed by atoms with Crippen molar-refractivity contribution in [2.24, 2.45) is 0 Å². The molecule has 6 heteroatoms. The topological polar surface area (TPSA) is 81.6 Å². The summed E-state index contributed by atoms with van der Waals surface area (Å²) in [5.41, 5.74) is -0.354. The Balaban J connectivity index is 2.41. The van der Waals surface area contributed by atoms with Crippen molar-refractivity contribution in [2.45, 2.75) is 13.0 Å². The number of phenols is 1. The Labute approximate surface area is 105 Å². The van der Waals surface area contributed by atoms with E-state index in [0.717, 1.165) is 6.07 Å². The molecule has 1 unspecified atom stereocenters. The Bertz CT molecular complexity index is 390. The molecule has 0 saturated carbocycles. The summed E-state index contributed by atoms with van der Waals surface area (Å²) in [6.45, 7) is 2.79. The van der Waals surface area contributed by atoms with Gasteiger partial charge in [-0.3, -0.25) is 4.79 Å². The number of hydrogen-bond donors (Lipinski definition) is 4. The van der Waals surface area contributed by atoms with Crippen molar-refractivity contribution in [2.75, 3.05) is 19.6 Å². The van der Waals surface area contributed by atoms with Crippen LogP contribution in [0.5, 0.6) is 5.75 Å². The maximum absolute atomic E-state index is 13.3. The van der Waals surface area contributed by atoms with Gasteiger partial charge < -0.3 is 20.8 Å². The summed E-state index contributed by atoms with van der Waals surface area (Å²) < 4.78 is 13.3. The molecule has 100 valence electrons. The van der Waals surface area contributed by atoms with E-state index in [0.29, 0.717) is 13.1 Å². The number of aliphatic hydroxyl groups is 1. The van der Waals surface area contributed by atoms with Crippen LogP contribution in [0.3, 0.4) is 0 Å². The van der Waals surface area contributed by atoms with Crippen LogP contribution in [-0.2, 0) is 0 Å². The fourth-order valence-corrected chi connectivity index (χ4v) is 1.40. The standard InChI is InChI=1S/C12H17FN2O3/c1-8(16)7-14-5-6-15-12(18)11-9(13)3-2-4-10(11)17/h2-4,8,14,16-17H,5-7H2,1H3,(H,15,18). The summed E-state index contributed by atoms with van der Waals surface area (Å²) in [5, 5.41) is 23.7. The van der Waals surface area contributed by atoms with Crippen molar-refractivity contribution in [3.8, 4) is 5.75 Å². The van der Waals surface area contributed by atoms with Gasteiger partial charge in [-0.25, -0.2) is 4.39 Å². The Morgan fingerprint density at radius 2 is 2.17 bits per heavy atom. The monoisotopic (exact) mass is 256 g/mol. The van der Waals surface area contributed by atoms with Gasteiger partial charge in [0.15, 0.2) is 0 Å². The quantitative estimate of drug-likeness (QED) is 0.549. The second-order valence-electron chi connectivity index (χ2n) is 3.94. The van der Waals surface area contributed by atoms with Crippen LogP contribution in [0.15, 0.2) is 18.2 Å². The first-order valence-electron chi connectivity index (χ1n) is 5.67. The summed E-state index contributed by atoms with van der Waals surface area (Å²) in [6.07, 6.45) is -0.462. The van der Waals surface area contributed by atoms with Gasteiger partial charge in [0.25, 0.3) is 5.91 Å². The summed E-state index contributed by atoms with van der Waals surface area (Å²) in [7, 11) is 0. The van der Waals surface area contributed by atoms with E-state index in [1.807, 2.05) is 0 Å². The molecule has 0 aliphatic rings. The number of amides is 1. The second-order valence-corrected chi connectivity index (χ2v) is 3.94. The minimum Gasteiger partial charge on any atom is -0.507 e. The van der Waals surface area contributed by atoms with Gasteiger partial charge in [0.2, 0.25) is 0 Å². The number of halogens is 1. The van der Waals surface area contributed by atoms with E-state index in [9.17, 15) is 14.3 Å². The van der Waals surface area contributed by atoms with Gasteiger partial charge in [-0.2, -0.15) is 0 Å². The van der Waals surface area contributed by atoms with Gasteiger partial charge in [0.05, 0.1) is 6.10 Å². The number of nitrogens with one attached hydrogen (secondary N) is 2. The second kappa shape index (κ2) is 6.93. The van der Waals surface area contributed by atoms with E-state index >= 15 is 0 Å². The number of benzene rings is 1. The van der Waals surface area contributed by atoms with Gasteiger partial charge in [0.1, 0.15) is 17.1 Å². The molecule has 0 bridgehead atoms. The molecule has 18 heavy (non-hydrogen) atoms. The SMILES string of the molecule is CC(O)CNCCNC(=O)c1c(O)cccc1F. The van der Waals surface area contributed by atoms with Crippen molar-refractivity contribution in [1.29, 1.82) is 0 Å². The van der Waals surface area contributed by atoms with Gasteiger partial charge in [-0.05, 0) is 19.1 Å². The summed E-state index contributed by atoms with van der Waals surface area (Å²) in [5.74, 6) is -1.81. The van der Waals surface area contributed by atoms with Gasteiger partial charge in [0, 0.05) is 19.6 Å². The van der Waals surface area contributed by atoms with Gasteiger partial charge >= 0.3 is 0 Å². The maximum atomic E-state index is 13.3. The van der Waals surface area contributed by atoms with Crippen LogP contribution in [0.1, 0.15) is 17.3 Å². The average molecular weight is 256 g/mol. The lowest BCUT2D eigenvalue weighted by atomic mass is 10.1. The molecule has 0 radical (unpaired) electrons. The van der Waals surface area contributed by atoms with E-state index in [-0.39, 0.29) is 17.9 Å². The van der Waals surface area contributed by atoms with E-state index in [1.54, 1.807) is 6.92 Å². The van der Waals surface area contributed by atoms with Crippen LogP contribution in [0.4, 0.5) is 4.39 Å². The molecule has 0 fully saturated rings. The van der Waals surface area contributed by atoms with Crippen molar-refractivity contribution in [1.82, 2.24) is 10.6 Å². The zero-order chi connectivity index (χ0) is 13.5. The summed E-state index contributed by atoms with van der Waals surface area (Å²) in [6, 6.07) is 3.69. The number of carbonyl (C=O) groups is 1. The van der Waals surface area contributed by atoms with Crippen LogP contribution >= 0.6 is 0 Å². The first-order valence-corrected chi connectivity index (χ1v) is 5.67. The van der Waals surface area contributed by atoms with E-state index < -0.39 is 17.8 Å². The lowest BCUT2D eigenvalue weighted by molar-refractivity contribution is 0.0946. The van der Waals surface area contributed by atoms with E-state index in [1.165, 1.54) is 12.1 Å². The zero-order valence-electron chi connectivity index (χ0n) is 10.1. The molecular weight excluding hydrogens is 239 g/mol. The Kier molecular flexibility index (Phi) is 5.54. The predicted molar refractivity (Wildman–Crippen MR) is 64.9 cm³/mol. The lowest BCUT2D eigenvalue weighted by Crippen LogP contribution is -2.34. The molecule has 0 aliphatic carbocycles. The third kappa shape index (κ3) is 4.31. The Morgan fingerprint density at radius 3 is 2.78 bits per heavy atom. The van der Waals surface area contributed by atoms with Crippen molar-refractivity contribution in [3.05, 3.63) is 29.6 Å². The molecule has 0 aliphatic heterocycles. The molecule has 1 rings (SSSR count). The normalized spacial score (nSPS) is 12.2. The van der Waals surface area contributed by atoms with Crippen molar-refractivity contribution >= 4 is 5.91 Å². The molecule has 5 nitrogen and oxygen atoms in total. The highest BCUT2D eigenvalue weighted by Gasteiger charge is 2.15. The first-order chi connectivity index (χ1) is 8.52. The lowest BCUT2D eigenvalue weighted by Gasteiger charge is -2.09. The molecule has 1 aromatic carbocycles. The summed E-state index contributed by atoms with van der Waals surface area (Å²) >= 11 is 0. The number of aliphatic hydroxyl groups excluding tert-OH is 1. The average Bonchev–Trinajstić information content (AvgIpc) is 2.27. The number of carbonyl (C=O) groups excluding carboxylic acids is 1. The number of rotatable bonds is 6. The Hall–Kier alpha value is -1.66. The molecule has 4 N–H and O–H groups in total. The van der Waals surface area contributed by atoms with Gasteiger partial charge in [-0.1, -0.05) is 6.07 Å². The van der Waals surface area contributed by atoms with Crippen molar-refractivity contribution in [3.63, 3.8) is 0 Å². The number of aromatic hydroxyl groups is 1. The van der Waals surface area contributed by atoms with Gasteiger partial charge in [-0.15, -0.1) is 0 Å². The minimum absolute atomic E-state index is 0.277. The number of phenolic OH excluding ortho intramolecular Hbond substituents is 1. The highest BCUT2D eigenvalue weighted by molar-refractivity contribution is 5.97. The first kappa shape index (κ1) is 14.4. The molecule has 1 atom stereocenters. The van der Waals surface area contributed by atoms with Crippen LogP contribution < -0.4 is 10.6 Å². The fourth-order valence-electron chi connectivity index (χ4n) is 1.40. The van der Waals surface area contributed by atoms with Crippen molar-refractivity contribution < 1.29 is 19.4 Å². The molecule has 0 spiro atoms. The smallest absolute Gasteiger partial charge is 0.258 e. The highest BCUT2D eigenvalue weighted by atomic mass is 19.1. The van der Waals surface area contributed by atoms with Crippen LogP contribution in [-0.4, -0.2) is 41.9 Å².